The summed E-state index contributed by atoms with van der Waals surface area (Å²) in [6, 6.07) is 0.0168. The summed E-state index contributed by atoms with van der Waals surface area (Å²) in [5, 5.41) is -0.300. The van der Waals surface area contributed by atoms with Crippen LogP contribution >= 0.6 is 15.9 Å². The van der Waals surface area contributed by atoms with Crippen molar-refractivity contribution in [1.82, 2.24) is 4.98 Å². The van der Waals surface area contributed by atoms with Crippen LogP contribution in [0.5, 0.6) is 5.75 Å². The smallest absolute Gasteiger partial charge is 0.404 e. The molecule has 0 saturated heterocycles. The minimum Gasteiger partial charge on any atom is -0.404 e. The molecular weight excluding hydrogens is 336 g/mol. The minimum atomic E-state index is -5.15. The Kier molecular flexibility index (Phi) is 3.99. The van der Waals surface area contributed by atoms with Gasteiger partial charge in [-0.15, -0.1) is 13.2 Å². The Balaban J connectivity index is 3.36. The first-order chi connectivity index (χ1) is 8.04. The van der Waals surface area contributed by atoms with Crippen molar-refractivity contribution in [3.63, 3.8) is 0 Å². The first kappa shape index (κ1) is 14.9. The molecule has 102 valence electrons. The number of hydrogen-bond donors (Lipinski definition) is 1. The zero-order valence-electron chi connectivity index (χ0n) is 8.25. The van der Waals surface area contributed by atoms with Crippen molar-refractivity contribution in [2.75, 3.05) is 0 Å². The van der Waals surface area contributed by atoms with Crippen molar-refractivity contribution in [3.05, 3.63) is 27.7 Å². The van der Waals surface area contributed by atoms with Gasteiger partial charge in [-0.1, -0.05) is 15.9 Å². The highest BCUT2D eigenvalue weighted by atomic mass is 79.9. The second kappa shape index (κ2) is 4.82. The molecule has 1 aromatic heterocycles. The van der Waals surface area contributed by atoms with Crippen LogP contribution in [0.15, 0.2) is 10.9 Å². The molecule has 1 heterocycles. The lowest BCUT2D eigenvalue weighted by Gasteiger charge is -2.14. The molecule has 0 amide bonds. The van der Waals surface area contributed by atoms with E-state index >= 15 is 0 Å². The van der Waals surface area contributed by atoms with Gasteiger partial charge in [0.2, 0.25) is 0 Å². The maximum Gasteiger partial charge on any atom is 0.573 e. The number of rotatable bonds is 2. The van der Waals surface area contributed by atoms with E-state index in [4.69, 9.17) is 0 Å². The van der Waals surface area contributed by atoms with E-state index < -0.39 is 35.1 Å². The van der Waals surface area contributed by atoms with Gasteiger partial charge in [0, 0.05) is 11.4 Å². The standard InChI is InChI=1S/C8H4BrF6NO2/c9-2-4-5(18-8(13,14)15)1-3(6(17)16-4)7(10,11)12/h1H,2H2,(H,16,17). The third-order valence-electron chi connectivity index (χ3n) is 1.75. The Hall–Kier alpha value is -1.19. The van der Waals surface area contributed by atoms with Crippen molar-refractivity contribution in [2.24, 2.45) is 0 Å². The van der Waals surface area contributed by atoms with Crippen molar-refractivity contribution in [1.29, 1.82) is 0 Å². The van der Waals surface area contributed by atoms with E-state index in [0.29, 0.717) is 0 Å². The highest BCUT2D eigenvalue weighted by molar-refractivity contribution is 9.08. The summed E-state index contributed by atoms with van der Waals surface area (Å²) in [5.74, 6) is -1.11. The normalized spacial score (nSPS) is 12.6. The van der Waals surface area contributed by atoms with Crippen LogP contribution in [0.25, 0.3) is 0 Å². The van der Waals surface area contributed by atoms with Gasteiger partial charge in [0.25, 0.3) is 5.56 Å². The second-order valence-electron chi connectivity index (χ2n) is 3.03. The largest absolute Gasteiger partial charge is 0.573 e. The maximum atomic E-state index is 12.3. The van der Waals surface area contributed by atoms with Gasteiger partial charge in [-0.25, -0.2) is 0 Å². The number of ether oxygens (including phenoxy) is 1. The molecular formula is C8H4BrF6NO2. The summed E-state index contributed by atoms with van der Waals surface area (Å²) in [7, 11) is 0. The molecule has 0 radical (unpaired) electrons. The molecule has 1 rings (SSSR count). The van der Waals surface area contributed by atoms with Gasteiger partial charge >= 0.3 is 12.5 Å². The summed E-state index contributed by atoms with van der Waals surface area (Å²) in [6.45, 7) is 0. The number of hydrogen-bond acceptors (Lipinski definition) is 2. The van der Waals surface area contributed by atoms with Gasteiger partial charge in [0.05, 0.1) is 5.69 Å². The maximum absolute atomic E-state index is 12.3. The van der Waals surface area contributed by atoms with Crippen molar-refractivity contribution in [3.8, 4) is 5.75 Å². The molecule has 0 aliphatic carbocycles. The molecule has 0 aliphatic heterocycles. The van der Waals surface area contributed by atoms with Crippen LogP contribution in [0, 0.1) is 0 Å². The topological polar surface area (TPSA) is 42.1 Å². The summed E-state index contributed by atoms with van der Waals surface area (Å²) in [5.41, 5.74) is -3.73. The van der Waals surface area contributed by atoms with Crippen LogP contribution in [-0.4, -0.2) is 11.3 Å². The van der Waals surface area contributed by atoms with E-state index in [1.54, 1.807) is 4.98 Å². The molecule has 1 N–H and O–H groups in total. The molecule has 3 nitrogen and oxygen atoms in total. The Morgan fingerprint density at radius 3 is 2.17 bits per heavy atom. The number of pyridine rings is 1. The molecule has 0 unspecified atom stereocenters. The number of nitrogens with one attached hydrogen (secondary N) is 1. The first-order valence-corrected chi connectivity index (χ1v) is 5.32. The summed E-state index contributed by atoms with van der Waals surface area (Å²) in [4.78, 5) is 12.7. The van der Waals surface area contributed by atoms with Crippen LogP contribution in [0.3, 0.4) is 0 Å². The third kappa shape index (κ3) is 3.65. The second-order valence-corrected chi connectivity index (χ2v) is 3.59. The SMILES string of the molecule is O=c1[nH]c(CBr)c(OC(F)(F)F)cc1C(F)(F)F. The van der Waals surface area contributed by atoms with E-state index in [9.17, 15) is 31.1 Å². The fraction of sp³-hybridized carbons (Fsp3) is 0.375. The highest BCUT2D eigenvalue weighted by Crippen LogP contribution is 2.32. The molecule has 0 saturated carbocycles. The number of aromatic nitrogens is 1. The van der Waals surface area contributed by atoms with Gasteiger partial charge in [-0.2, -0.15) is 13.2 Å². The van der Waals surface area contributed by atoms with Crippen molar-refractivity contribution < 1.29 is 31.1 Å². The lowest BCUT2D eigenvalue weighted by Crippen LogP contribution is -2.25. The average Bonchev–Trinajstić information content (AvgIpc) is 2.16. The predicted molar refractivity (Wildman–Crippen MR) is 51.4 cm³/mol. The molecule has 0 spiro atoms. The van der Waals surface area contributed by atoms with E-state index in [-0.39, 0.29) is 11.4 Å². The van der Waals surface area contributed by atoms with Gasteiger partial charge in [-0.05, 0) is 0 Å². The van der Waals surface area contributed by atoms with Gasteiger partial charge < -0.3 is 9.72 Å². The highest BCUT2D eigenvalue weighted by Gasteiger charge is 2.37. The zero-order chi connectivity index (χ0) is 14.1. The lowest BCUT2D eigenvalue weighted by atomic mass is 10.2. The Morgan fingerprint density at radius 1 is 1.22 bits per heavy atom. The molecule has 0 fully saturated rings. The van der Waals surface area contributed by atoms with Crippen LogP contribution < -0.4 is 10.3 Å². The predicted octanol–water partition coefficient (Wildman–Crippen LogP) is 3.19. The summed E-state index contributed by atoms with van der Waals surface area (Å²) < 4.78 is 76.3. The molecule has 1 aromatic rings. The fourth-order valence-electron chi connectivity index (χ4n) is 1.08. The van der Waals surface area contributed by atoms with Crippen LogP contribution in [0.2, 0.25) is 0 Å². The zero-order valence-corrected chi connectivity index (χ0v) is 9.83. The molecule has 0 bridgehead atoms. The van der Waals surface area contributed by atoms with Gasteiger partial charge in [0.15, 0.2) is 0 Å². The van der Waals surface area contributed by atoms with E-state index in [1.807, 2.05) is 0 Å². The Bertz CT molecular complexity index is 492. The molecule has 0 aliphatic rings. The molecule has 0 atom stereocenters. The van der Waals surface area contributed by atoms with Gasteiger partial charge in [-0.3, -0.25) is 4.79 Å². The lowest BCUT2D eigenvalue weighted by molar-refractivity contribution is -0.275. The van der Waals surface area contributed by atoms with E-state index in [1.165, 1.54) is 0 Å². The number of halogens is 7. The monoisotopic (exact) mass is 339 g/mol. The van der Waals surface area contributed by atoms with Crippen LogP contribution in [0.4, 0.5) is 26.3 Å². The quantitative estimate of drug-likeness (QED) is 0.664. The van der Waals surface area contributed by atoms with Gasteiger partial charge in [0.1, 0.15) is 11.3 Å². The molecule has 18 heavy (non-hydrogen) atoms. The van der Waals surface area contributed by atoms with E-state index in [2.05, 4.69) is 20.7 Å². The first-order valence-electron chi connectivity index (χ1n) is 4.19. The van der Waals surface area contributed by atoms with Crippen LogP contribution in [0.1, 0.15) is 11.3 Å². The summed E-state index contributed by atoms with van der Waals surface area (Å²) in [6.07, 6.45) is -10.2. The van der Waals surface area contributed by atoms with Crippen molar-refractivity contribution >= 4 is 15.9 Å². The number of H-pyrrole nitrogens is 1. The Morgan fingerprint density at radius 2 is 1.78 bits per heavy atom. The van der Waals surface area contributed by atoms with E-state index in [0.717, 1.165) is 0 Å². The molecule has 10 heteroatoms. The minimum absolute atomic E-state index is 0.0168. The third-order valence-corrected chi connectivity index (χ3v) is 2.31. The number of alkyl halides is 7. The fourth-order valence-corrected chi connectivity index (χ4v) is 1.49. The average molecular weight is 340 g/mol. The molecule has 0 aromatic carbocycles. The van der Waals surface area contributed by atoms with Crippen LogP contribution in [-0.2, 0) is 11.5 Å². The summed E-state index contributed by atoms with van der Waals surface area (Å²) >= 11 is 2.73. The Labute approximate surface area is 104 Å². The number of aromatic amines is 1. The van der Waals surface area contributed by atoms with Crippen molar-refractivity contribution in [2.45, 2.75) is 17.9 Å².